The number of rotatable bonds is 4. The molecule has 2 heterocycles. The van der Waals surface area contributed by atoms with Gasteiger partial charge in [-0.05, 0) is 36.3 Å². The predicted octanol–water partition coefficient (Wildman–Crippen LogP) is 2.92. The molecular formula is C13H19NO2S. The van der Waals surface area contributed by atoms with Gasteiger partial charge in [0.1, 0.15) is 6.04 Å². The Kier molecular flexibility index (Phi) is 3.84. The number of thiophene rings is 1. The van der Waals surface area contributed by atoms with Gasteiger partial charge in [0.15, 0.2) is 0 Å². The van der Waals surface area contributed by atoms with Crippen molar-refractivity contribution in [2.45, 2.75) is 45.2 Å². The molecule has 1 atom stereocenters. The van der Waals surface area contributed by atoms with Crippen molar-refractivity contribution in [3.8, 4) is 0 Å². The molecule has 0 spiro atoms. The molecule has 0 radical (unpaired) electrons. The van der Waals surface area contributed by atoms with E-state index in [1.807, 2.05) is 11.4 Å². The fourth-order valence-corrected chi connectivity index (χ4v) is 3.67. The Morgan fingerprint density at radius 2 is 2.29 bits per heavy atom. The zero-order chi connectivity index (χ0) is 12.4. The molecule has 1 aliphatic heterocycles. The molecule has 0 aliphatic carbocycles. The summed E-state index contributed by atoms with van der Waals surface area (Å²) < 4.78 is 0. The number of carboxylic acids is 1. The van der Waals surface area contributed by atoms with Crippen LogP contribution in [-0.4, -0.2) is 28.6 Å². The van der Waals surface area contributed by atoms with Gasteiger partial charge in [-0.15, -0.1) is 11.3 Å². The molecule has 2 rings (SSSR count). The molecule has 1 unspecified atom stereocenters. The summed E-state index contributed by atoms with van der Waals surface area (Å²) in [5.41, 5.74) is 1.01. The van der Waals surface area contributed by atoms with Gasteiger partial charge in [0.25, 0.3) is 0 Å². The minimum absolute atomic E-state index is 0.379. The number of carboxylic acid groups (broad SMARTS) is 1. The maximum absolute atomic E-state index is 11.5. The average molecular weight is 253 g/mol. The fraction of sp³-hybridized carbons (Fsp3) is 0.615. The SMILES string of the molecule is CCC(CC)N1CCc2sccc2C1C(=O)O. The minimum atomic E-state index is -0.712. The molecule has 0 bridgehead atoms. The fourth-order valence-electron chi connectivity index (χ4n) is 2.76. The summed E-state index contributed by atoms with van der Waals surface area (Å²) in [7, 11) is 0. The molecule has 0 saturated carbocycles. The van der Waals surface area contributed by atoms with Crippen molar-refractivity contribution >= 4 is 17.3 Å². The van der Waals surface area contributed by atoms with Crippen LogP contribution in [0.4, 0.5) is 0 Å². The summed E-state index contributed by atoms with van der Waals surface area (Å²) in [4.78, 5) is 14.9. The molecule has 1 aromatic rings. The van der Waals surface area contributed by atoms with Crippen LogP contribution in [0.5, 0.6) is 0 Å². The Morgan fingerprint density at radius 1 is 1.59 bits per heavy atom. The second-order valence-corrected chi connectivity index (χ2v) is 5.50. The highest BCUT2D eigenvalue weighted by atomic mass is 32.1. The van der Waals surface area contributed by atoms with E-state index in [9.17, 15) is 9.90 Å². The smallest absolute Gasteiger partial charge is 0.325 e. The van der Waals surface area contributed by atoms with E-state index in [-0.39, 0.29) is 0 Å². The average Bonchev–Trinajstić information content (AvgIpc) is 2.77. The first-order valence-electron chi connectivity index (χ1n) is 6.23. The highest BCUT2D eigenvalue weighted by molar-refractivity contribution is 7.10. The Labute approximate surface area is 106 Å². The van der Waals surface area contributed by atoms with Crippen LogP contribution in [0.3, 0.4) is 0 Å². The number of fused-ring (bicyclic) bond motifs is 1. The van der Waals surface area contributed by atoms with E-state index in [4.69, 9.17) is 0 Å². The third-order valence-corrected chi connectivity index (χ3v) is 4.65. The van der Waals surface area contributed by atoms with Crippen LogP contribution < -0.4 is 0 Å². The highest BCUT2D eigenvalue weighted by Crippen LogP contribution is 2.35. The van der Waals surface area contributed by atoms with Crippen molar-refractivity contribution in [2.75, 3.05) is 6.54 Å². The molecular weight excluding hydrogens is 234 g/mol. The topological polar surface area (TPSA) is 40.5 Å². The maximum atomic E-state index is 11.5. The predicted molar refractivity (Wildman–Crippen MR) is 69.5 cm³/mol. The summed E-state index contributed by atoms with van der Waals surface area (Å²) in [6.07, 6.45) is 3.02. The Morgan fingerprint density at radius 3 is 2.88 bits per heavy atom. The van der Waals surface area contributed by atoms with Gasteiger partial charge >= 0.3 is 5.97 Å². The third kappa shape index (κ3) is 2.24. The van der Waals surface area contributed by atoms with E-state index < -0.39 is 12.0 Å². The van der Waals surface area contributed by atoms with Gasteiger partial charge in [0.05, 0.1) is 0 Å². The van der Waals surface area contributed by atoms with Gasteiger partial charge in [-0.1, -0.05) is 13.8 Å². The van der Waals surface area contributed by atoms with Gasteiger partial charge in [-0.3, -0.25) is 9.69 Å². The second kappa shape index (κ2) is 5.19. The first-order valence-corrected chi connectivity index (χ1v) is 7.11. The van der Waals surface area contributed by atoms with Crippen LogP contribution in [0.15, 0.2) is 11.4 Å². The van der Waals surface area contributed by atoms with Gasteiger partial charge in [-0.2, -0.15) is 0 Å². The molecule has 0 aromatic carbocycles. The van der Waals surface area contributed by atoms with Crippen molar-refractivity contribution in [2.24, 2.45) is 0 Å². The van der Waals surface area contributed by atoms with Gasteiger partial charge in [-0.25, -0.2) is 0 Å². The first-order chi connectivity index (χ1) is 8.19. The number of aliphatic carboxylic acids is 1. The molecule has 0 fully saturated rings. The second-order valence-electron chi connectivity index (χ2n) is 4.50. The van der Waals surface area contributed by atoms with E-state index >= 15 is 0 Å². The number of hydrogen-bond donors (Lipinski definition) is 1. The monoisotopic (exact) mass is 253 g/mol. The molecule has 0 saturated heterocycles. The zero-order valence-corrected chi connectivity index (χ0v) is 11.2. The summed E-state index contributed by atoms with van der Waals surface area (Å²) in [5, 5.41) is 11.5. The van der Waals surface area contributed by atoms with E-state index in [0.29, 0.717) is 6.04 Å². The Bertz CT molecular complexity index is 398. The van der Waals surface area contributed by atoms with Gasteiger partial charge in [0.2, 0.25) is 0 Å². The molecule has 17 heavy (non-hydrogen) atoms. The molecule has 1 aromatic heterocycles. The minimum Gasteiger partial charge on any atom is -0.480 e. The maximum Gasteiger partial charge on any atom is 0.325 e. The molecule has 3 nitrogen and oxygen atoms in total. The molecule has 94 valence electrons. The number of carbonyl (C=O) groups is 1. The largest absolute Gasteiger partial charge is 0.480 e. The molecule has 0 amide bonds. The van der Waals surface area contributed by atoms with Crippen molar-refractivity contribution < 1.29 is 9.90 Å². The highest BCUT2D eigenvalue weighted by Gasteiger charge is 2.36. The van der Waals surface area contributed by atoms with E-state index in [1.54, 1.807) is 11.3 Å². The Balaban J connectivity index is 2.33. The summed E-state index contributed by atoms with van der Waals surface area (Å²) in [5.74, 6) is -0.712. The van der Waals surface area contributed by atoms with Crippen LogP contribution in [0.2, 0.25) is 0 Å². The summed E-state index contributed by atoms with van der Waals surface area (Å²) in [6.45, 7) is 5.14. The van der Waals surface area contributed by atoms with E-state index in [2.05, 4.69) is 18.7 Å². The molecule has 1 N–H and O–H groups in total. The van der Waals surface area contributed by atoms with E-state index in [0.717, 1.165) is 31.4 Å². The van der Waals surface area contributed by atoms with Crippen LogP contribution in [0.25, 0.3) is 0 Å². The van der Waals surface area contributed by atoms with E-state index in [1.165, 1.54) is 4.88 Å². The lowest BCUT2D eigenvalue weighted by molar-refractivity contribution is -0.145. The third-order valence-electron chi connectivity index (χ3n) is 3.65. The lowest BCUT2D eigenvalue weighted by Gasteiger charge is -2.38. The van der Waals surface area contributed by atoms with Crippen LogP contribution in [0, 0.1) is 0 Å². The van der Waals surface area contributed by atoms with Crippen molar-refractivity contribution in [1.29, 1.82) is 0 Å². The normalized spacial score (nSPS) is 20.5. The lowest BCUT2D eigenvalue weighted by atomic mass is 9.96. The Hall–Kier alpha value is -0.870. The van der Waals surface area contributed by atoms with Gasteiger partial charge in [0, 0.05) is 17.5 Å². The van der Waals surface area contributed by atoms with Crippen LogP contribution >= 0.6 is 11.3 Å². The van der Waals surface area contributed by atoms with Crippen molar-refractivity contribution in [1.82, 2.24) is 4.90 Å². The lowest BCUT2D eigenvalue weighted by Crippen LogP contribution is -2.45. The summed E-state index contributed by atoms with van der Waals surface area (Å²) >= 11 is 1.69. The van der Waals surface area contributed by atoms with Gasteiger partial charge < -0.3 is 5.11 Å². The quantitative estimate of drug-likeness (QED) is 0.897. The first kappa shape index (κ1) is 12.6. The standard InChI is InChI=1S/C13H19NO2S/c1-3-9(4-2)14-7-5-11-10(6-8-17-11)12(14)13(15)16/h6,8-9,12H,3-5,7H2,1-2H3,(H,15,16). The molecule has 1 aliphatic rings. The summed E-state index contributed by atoms with van der Waals surface area (Å²) in [6, 6.07) is 1.92. The number of hydrogen-bond acceptors (Lipinski definition) is 3. The molecule has 4 heteroatoms. The van der Waals surface area contributed by atoms with Crippen molar-refractivity contribution in [3.63, 3.8) is 0 Å². The van der Waals surface area contributed by atoms with Crippen LogP contribution in [0.1, 0.15) is 43.2 Å². The van der Waals surface area contributed by atoms with Crippen LogP contribution in [-0.2, 0) is 11.2 Å². The zero-order valence-electron chi connectivity index (χ0n) is 10.3. The van der Waals surface area contributed by atoms with Crippen molar-refractivity contribution in [3.05, 3.63) is 21.9 Å². The number of nitrogens with zero attached hydrogens (tertiary/aromatic N) is 1.